The fraction of sp³-hybridized carbons (Fsp3) is 0.889. The summed E-state index contributed by atoms with van der Waals surface area (Å²) in [5.74, 6) is 0.211. The summed E-state index contributed by atoms with van der Waals surface area (Å²) >= 11 is 0. The van der Waals surface area contributed by atoms with Crippen molar-refractivity contribution in [1.29, 1.82) is 0 Å². The van der Waals surface area contributed by atoms with E-state index in [-0.39, 0.29) is 29.1 Å². The first kappa shape index (κ1) is 20.1. The summed E-state index contributed by atoms with van der Waals surface area (Å²) in [6.07, 6.45) is 1.38. The molecule has 0 radical (unpaired) electrons. The van der Waals surface area contributed by atoms with Crippen molar-refractivity contribution in [3.05, 3.63) is 0 Å². The van der Waals surface area contributed by atoms with E-state index in [2.05, 4.69) is 41.5 Å². The summed E-state index contributed by atoms with van der Waals surface area (Å²) in [6, 6.07) is 0. The van der Waals surface area contributed by atoms with Crippen molar-refractivity contribution in [1.82, 2.24) is 4.90 Å². The number of carbonyl (C=O) groups excluding carboxylic acids is 2. The van der Waals surface area contributed by atoms with E-state index < -0.39 is 5.41 Å². The zero-order valence-corrected chi connectivity index (χ0v) is 15.6. The Bertz CT molecular complexity index is 364. The zero-order chi connectivity index (χ0) is 17.1. The second-order valence-corrected chi connectivity index (χ2v) is 9.54. The van der Waals surface area contributed by atoms with Crippen molar-refractivity contribution in [3.8, 4) is 0 Å². The van der Waals surface area contributed by atoms with Gasteiger partial charge in [0.15, 0.2) is 5.78 Å². The van der Waals surface area contributed by atoms with Crippen LogP contribution < -0.4 is 0 Å². The van der Waals surface area contributed by atoms with Gasteiger partial charge in [0.1, 0.15) is 0 Å². The summed E-state index contributed by atoms with van der Waals surface area (Å²) < 4.78 is 0. The smallest absolute Gasteiger partial charge is 0.223 e. The second kappa shape index (κ2) is 6.93. The number of ketones is 1. The molecule has 124 valence electrons. The van der Waals surface area contributed by atoms with Gasteiger partial charge < -0.3 is 4.90 Å². The molecule has 3 heteroatoms. The molecule has 0 aliphatic carbocycles. The van der Waals surface area contributed by atoms with Crippen molar-refractivity contribution in [3.63, 3.8) is 0 Å². The lowest BCUT2D eigenvalue weighted by atomic mass is 9.88. The van der Waals surface area contributed by atoms with Gasteiger partial charge in [-0.05, 0) is 17.3 Å². The van der Waals surface area contributed by atoms with Gasteiger partial charge in [0, 0.05) is 18.4 Å². The molecule has 0 atom stereocenters. The van der Waals surface area contributed by atoms with Crippen LogP contribution in [0.3, 0.4) is 0 Å². The number of hydrogen-bond acceptors (Lipinski definition) is 2. The first-order valence-corrected chi connectivity index (χ1v) is 7.93. The normalized spacial score (nSPS) is 13.2. The quantitative estimate of drug-likeness (QED) is 0.758. The van der Waals surface area contributed by atoms with Crippen LogP contribution in [0, 0.1) is 16.2 Å². The Morgan fingerprint density at radius 3 is 1.62 bits per heavy atom. The first-order chi connectivity index (χ1) is 9.12. The van der Waals surface area contributed by atoms with Gasteiger partial charge in [-0.2, -0.15) is 0 Å². The number of carbonyl (C=O) groups is 2. The molecule has 0 heterocycles. The molecule has 0 aromatic heterocycles. The second-order valence-electron chi connectivity index (χ2n) is 9.54. The van der Waals surface area contributed by atoms with E-state index in [1.165, 1.54) is 0 Å². The molecular weight excluding hydrogens is 262 g/mol. The van der Waals surface area contributed by atoms with E-state index in [1.807, 2.05) is 20.8 Å². The lowest BCUT2D eigenvalue weighted by Crippen LogP contribution is -2.42. The van der Waals surface area contributed by atoms with E-state index >= 15 is 0 Å². The van der Waals surface area contributed by atoms with Crippen molar-refractivity contribution < 1.29 is 9.59 Å². The predicted molar refractivity (Wildman–Crippen MR) is 89.2 cm³/mol. The maximum absolute atomic E-state index is 12.5. The van der Waals surface area contributed by atoms with Gasteiger partial charge in [0.05, 0.1) is 6.54 Å². The van der Waals surface area contributed by atoms with Gasteiger partial charge in [-0.3, -0.25) is 9.59 Å². The molecule has 0 fully saturated rings. The molecule has 0 saturated carbocycles. The third-order valence-electron chi connectivity index (χ3n) is 3.34. The van der Waals surface area contributed by atoms with E-state index in [1.54, 1.807) is 4.90 Å². The average Bonchev–Trinajstić information content (AvgIpc) is 2.18. The van der Waals surface area contributed by atoms with Gasteiger partial charge in [-0.1, -0.05) is 62.3 Å². The third kappa shape index (κ3) is 9.65. The minimum atomic E-state index is -0.401. The van der Waals surface area contributed by atoms with Gasteiger partial charge in [0.25, 0.3) is 0 Å². The van der Waals surface area contributed by atoms with Crippen LogP contribution in [-0.2, 0) is 9.59 Å². The van der Waals surface area contributed by atoms with Crippen molar-refractivity contribution in [2.24, 2.45) is 16.2 Å². The van der Waals surface area contributed by atoms with Crippen LogP contribution in [-0.4, -0.2) is 29.7 Å². The molecular formula is C18H35NO2. The van der Waals surface area contributed by atoms with E-state index in [9.17, 15) is 9.59 Å². The molecule has 1 amide bonds. The summed E-state index contributed by atoms with van der Waals surface area (Å²) in [5, 5.41) is 0. The van der Waals surface area contributed by atoms with Gasteiger partial charge in [-0.25, -0.2) is 0 Å². The topological polar surface area (TPSA) is 37.4 Å². The summed E-state index contributed by atoms with van der Waals surface area (Å²) in [4.78, 5) is 26.5. The third-order valence-corrected chi connectivity index (χ3v) is 3.34. The Balaban J connectivity index is 4.93. The number of rotatable bonds is 5. The largest absolute Gasteiger partial charge is 0.335 e. The van der Waals surface area contributed by atoms with Gasteiger partial charge in [0.2, 0.25) is 5.91 Å². The molecule has 0 rings (SSSR count). The molecule has 0 bridgehead atoms. The molecule has 0 aromatic rings. The minimum absolute atomic E-state index is 0.0537. The minimum Gasteiger partial charge on any atom is -0.335 e. The van der Waals surface area contributed by atoms with Crippen molar-refractivity contribution in [2.75, 3.05) is 13.1 Å². The Hall–Kier alpha value is -0.860. The summed E-state index contributed by atoms with van der Waals surface area (Å²) in [7, 11) is 0. The number of nitrogens with zero attached hydrogens (tertiary/aromatic N) is 1. The highest BCUT2D eigenvalue weighted by Crippen LogP contribution is 2.24. The Morgan fingerprint density at radius 1 is 0.810 bits per heavy atom. The molecule has 0 saturated heterocycles. The molecule has 0 N–H and O–H groups in total. The lowest BCUT2D eigenvalue weighted by molar-refractivity contribution is -0.139. The zero-order valence-electron chi connectivity index (χ0n) is 15.6. The van der Waals surface area contributed by atoms with Gasteiger partial charge >= 0.3 is 0 Å². The molecule has 0 aliphatic rings. The molecule has 0 aromatic carbocycles. The molecule has 0 unspecified atom stereocenters. The fourth-order valence-corrected chi connectivity index (χ4v) is 1.74. The summed E-state index contributed by atoms with van der Waals surface area (Å²) in [6.45, 7) is 19.2. The highest BCUT2D eigenvalue weighted by atomic mass is 16.2. The standard InChI is InChI=1S/C18H35NO2/c1-16(2,3)10-11-19(13-14(20)18(7,8)9)15(21)12-17(4,5)6/h10-13H2,1-9H3. The highest BCUT2D eigenvalue weighted by molar-refractivity contribution is 5.89. The number of amides is 1. The number of Topliss-reactive ketones (excluding diaryl/α,β-unsaturated/α-hetero) is 1. The number of hydrogen-bond donors (Lipinski definition) is 0. The Morgan fingerprint density at radius 2 is 1.29 bits per heavy atom. The van der Waals surface area contributed by atoms with E-state index in [0.29, 0.717) is 13.0 Å². The summed E-state index contributed by atoms with van der Waals surface area (Å²) in [5.41, 5.74) is -0.297. The Labute approximate surface area is 131 Å². The van der Waals surface area contributed by atoms with Crippen LogP contribution in [0.15, 0.2) is 0 Å². The van der Waals surface area contributed by atoms with E-state index in [0.717, 1.165) is 6.42 Å². The molecule has 0 spiro atoms. The van der Waals surface area contributed by atoms with Gasteiger partial charge in [-0.15, -0.1) is 0 Å². The Kier molecular flexibility index (Phi) is 6.65. The van der Waals surface area contributed by atoms with Crippen LogP contribution in [0.25, 0.3) is 0 Å². The highest BCUT2D eigenvalue weighted by Gasteiger charge is 2.28. The first-order valence-electron chi connectivity index (χ1n) is 7.93. The van der Waals surface area contributed by atoms with Crippen LogP contribution in [0.2, 0.25) is 0 Å². The molecule has 0 aliphatic heterocycles. The maximum atomic E-state index is 12.5. The predicted octanol–water partition coefficient (Wildman–Crippen LogP) is 4.30. The van der Waals surface area contributed by atoms with Crippen molar-refractivity contribution >= 4 is 11.7 Å². The molecule has 21 heavy (non-hydrogen) atoms. The SMILES string of the molecule is CC(C)(C)CCN(CC(=O)C(C)(C)C)C(=O)CC(C)(C)C. The maximum Gasteiger partial charge on any atom is 0.223 e. The van der Waals surface area contributed by atoms with Crippen LogP contribution >= 0.6 is 0 Å². The van der Waals surface area contributed by atoms with Crippen molar-refractivity contribution in [2.45, 2.75) is 75.2 Å². The van der Waals surface area contributed by atoms with Crippen LogP contribution in [0.5, 0.6) is 0 Å². The monoisotopic (exact) mass is 297 g/mol. The van der Waals surface area contributed by atoms with E-state index in [4.69, 9.17) is 0 Å². The fourth-order valence-electron chi connectivity index (χ4n) is 1.74. The molecule has 3 nitrogen and oxygen atoms in total. The lowest BCUT2D eigenvalue weighted by Gasteiger charge is -2.31. The average molecular weight is 297 g/mol. The van der Waals surface area contributed by atoms with Crippen LogP contribution in [0.1, 0.15) is 75.2 Å². The van der Waals surface area contributed by atoms with Crippen LogP contribution in [0.4, 0.5) is 0 Å².